The van der Waals surface area contributed by atoms with Crippen LogP contribution in [-0.4, -0.2) is 120 Å². The number of aromatic amines is 1. The summed E-state index contributed by atoms with van der Waals surface area (Å²) in [6, 6.07) is 8.41. The normalized spacial score (nSPS) is 21.4. The first kappa shape index (κ1) is 59.9. The number of carbonyl (C=O) groups excluding carboxylic acids is 9. The number of aromatic nitrogens is 1. The van der Waals surface area contributed by atoms with Gasteiger partial charge in [-0.15, -0.1) is 0 Å². The fraction of sp³-hybridized carbons (Fsp3) is 0.519. The van der Waals surface area contributed by atoms with E-state index in [1.807, 2.05) is 43.3 Å². The maximum absolute atomic E-state index is 14.8. The van der Waals surface area contributed by atoms with Gasteiger partial charge >= 0.3 is 0 Å². The molecule has 0 radical (unpaired) electrons. The SMILES string of the molecule is CC(=O)N[C@@H](CCCN=C(N)N)C(=O)N[C@H]1CCC(=O)CCCC[C@@H](C(N)=O)NC(=O)[C@H](Cc2c[nH]c3ccccc23)CC(=O)[C@H](CCCN=C(N)N)CC(=O)[C@@H](Cc2ccc(C)cc2)NC(=O)[C@H](CCN)NC1=O. The fourth-order valence-electron chi connectivity index (χ4n) is 8.96. The quantitative estimate of drug-likeness (QED) is 0.0443. The number of hydrogen-bond donors (Lipinski definition) is 12. The number of aryl methyl sites for hydroxylation is 1. The van der Waals surface area contributed by atoms with Crippen molar-refractivity contribution in [3.05, 3.63) is 71.4 Å². The average Bonchev–Trinajstić information content (AvgIpc) is 3.77. The van der Waals surface area contributed by atoms with Crippen molar-refractivity contribution in [3.63, 3.8) is 0 Å². The summed E-state index contributed by atoms with van der Waals surface area (Å²) in [5.74, 6) is -7.98. The molecule has 3 aromatic rings. The van der Waals surface area contributed by atoms with Gasteiger partial charge in [-0.3, -0.25) is 53.1 Å². The lowest BCUT2D eigenvalue weighted by atomic mass is 9.83. The Hall–Kier alpha value is -7.69. The molecule has 0 bridgehead atoms. The number of Topliss-reactive ketones (excluding diaryl/α,β-unsaturated/α-hetero) is 3. The number of carbonyl (C=O) groups is 9. The summed E-state index contributed by atoms with van der Waals surface area (Å²) in [4.78, 5) is 136. The Morgan fingerprint density at radius 3 is 2.05 bits per heavy atom. The lowest BCUT2D eigenvalue weighted by Crippen LogP contribution is -2.58. The lowest BCUT2D eigenvalue weighted by Gasteiger charge is -2.27. The molecule has 6 amide bonds. The number of H-pyrrole nitrogens is 1. The summed E-state index contributed by atoms with van der Waals surface area (Å²) in [5, 5.41) is 14.3. The van der Waals surface area contributed by atoms with Crippen LogP contribution in [0.2, 0.25) is 0 Å². The maximum Gasteiger partial charge on any atom is 0.243 e. The molecule has 23 nitrogen and oxygen atoms in total. The summed E-state index contributed by atoms with van der Waals surface area (Å²) in [6.45, 7) is 3.28. The Kier molecular flexibility index (Phi) is 24.3. The number of primary amides is 1. The molecule has 1 aliphatic rings. The molecule has 0 saturated carbocycles. The second kappa shape index (κ2) is 30.5. The predicted molar refractivity (Wildman–Crippen MR) is 284 cm³/mol. The molecule has 4 rings (SSSR count). The monoisotopic (exact) mass is 1040 g/mol. The number of guanidine groups is 2. The first-order valence-corrected chi connectivity index (χ1v) is 25.5. The number of hydrogen-bond acceptors (Lipinski definition) is 12. The van der Waals surface area contributed by atoms with Crippen LogP contribution in [0.1, 0.15) is 107 Å². The van der Waals surface area contributed by atoms with Gasteiger partial charge < -0.3 is 66.0 Å². The van der Waals surface area contributed by atoms with Crippen molar-refractivity contribution in [2.24, 2.45) is 56.2 Å². The highest BCUT2D eigenvalue weighted by molar-refractivity contribution is 5.98. The molecular formula is C52H76N14O9. The molecule has 1 saturated heterocycles. The Morgan fingerprint density at radius 2 is 1.39 bits per heavy atom. The zero-order chi connectivity index (χ0) is 55.0. The van der Waals surface area contributed by atoms with E-state index in [4.69, 9.17) is 34.4 Å². The minimum Gasteiger partial charge on any atom is -0.370 e. The van der Waals surface area contributed by atoms with E-state index >= 15 is 0 Å². The van der Waals surface area contributed by atoms with Gasteiger partial charge in [0.2, 0.25) is 35.4 Å². The molecular weight excluding hydrogens is 965 g/mol. The Labute approximate surface area is 436 Å². The van der Waals surface area contributed by atoms with Crippen LogP contribution in [-0.2, 0) is 56.0 Å². The molecule has 0 spiro atoms. The van der Waals surface area contributed by atoms with Gasteiger partial charge in [0, 0.05) is 74.6 Å². The van der Waals surface area contributed by atoms with Crippen LogP contribution in [0.4, 0.5) is 0 Å². The fourth-order valence-corrected chi connectivity index (χ4v) is 8.96. The molecule has 1 aromatic heterocycles. The number of amides is 6. The molecule has 1 fully saturated rings. The minimum atomic E-state index is -1.41. The van der Waals surface area contributed by atoms with Crippen molar-refractivity contribution >= 4 is 75.6 Å². The third kappa shape index (κ3) is 20.6. The van der Waals surface area contributed by atoms with E-state index in [1.165, 1.54) is 6.92 Å². The number of ketones is 3. The molecule has 408 valence electrons. The molecule has 2 aromatic carbocycles. The van der Waals surface area contributed by atoms with E-state index in [2.05, 4.69) is 41.6 Å². The second-order valence-corrected chi connectivity index (χ2v) is 19.2. The summed E-state index contributed by atoms with van der Waals surface area (Å²) < 4.78 is 0. The van der Waals surface area contributed by atoms with Crippen LogP contribution in [0.15, 0.2) is 64.7 Å². The minimum absolute atomic E-state index is 0.00209. The standard InChI is InChI=1S/C52H76N14O9/c1-30-15-17-32(18-16-30)25-43-45(70)27-33(9-7-23-59-51(55)56)44(69)28-34(26-35-29-61-38-12-6-4-11-37(35)38)47(72)63-39(46(54)71)13-5-3-10-36(68)19-20-41(49(74)65-42(21-22-53)50(75)66-43)64-48(73)40(62-31(2)67)14-8-24-60-52(57)58/h4,6,11-12,15-18,29,33-34,39-43,61H,3,5,7-10,13-14,19-28,53H2,1-2H3,(H2,54,71)(H,62,67)(H,63,72)(H,64,73)(H,65,74)(H,66,75)(H4,55,56,59)(H4,57,58,60)/t33-,34-,39+,40+,41+,42+,43-/m1/s1. The molecule has 23 heteroatoms. The lowest BCUT2D eigenvalue weighted by molar-refractivity contribution is -0.135. The van der Waals surface area contributed by atoms with E-state index in [9.17, 15) is 43.2 Å². The Balaban J connectivity index is 1.77. The van der Waals surface area contributed by atoms with Gasteiger partial charge in [0.1, 0.15) is 35.7 Å². The number of aliphatic imine (C=N–C) groups is 2. The number of nitrogens with one attached hydrogen (secondary N) is 6. The highest BCUT2D eigenvalue weighted by Gasteiger charge is 2.35. The van der Waals surface area contributed by atoms with Crippen LogP contribution >= 0.6 is 0 Å². The zero-order valence-electron chi connectivity index (χ0n) is 43.0. The maximum atomic E-state index is 14.8. The van der Waals surface area contributed by atoms with Gasteiger partial charge in [0.15, 0.2) is 17.7 Å². The number of benzene rings is 2. The second-order valence-electron chi connectivity index (χ2n) is 19.2. The third-order valence-corrected chi connectivity index (χ3v) is 13.1. The van der Waals surface area contributed by atoms with Gasteiger partial charge in [0.25, 0.3) is 0 Å². The molecule has 75 heavy (non-hydrogen) atoms. The molecule has 2 heterocycles. The number of nitrogens with two attached hydrogens (primary N) is 6. The van der Waals surface area contributed by atoms with Gasteiger partial charge in [-0.2, -0.15) is 0 Å². The summed E-state index contributed by atoms with van der Waals surface area (Å²) in [5.41, 5.74) is 37.1. The highest BCUT2D eigenvalue weighted by Crippen LogP contribution is 2.26. The van der Waals surface area contributed by atoms with Crippen LogP contribution in [0.3, 0.4) is 0 Å². The van der Waals surface area contributed by atoms with Crippen molar-refractivity contribution in [2.45, 2.75) is 140 Å². The van der Waals surface area contributed by atoms with Crippen LogP contribution < -0.4 is 61.0 Å². The highest BCUT2D eigenvalue weighted by atomic mass is 16.2. The summed E-state index contributed by atoms with van der Waals surface area (Å²) >= 11 is 0. The first-order chi connectivity index (χ1) is 35.7. The number of rotatable bonds is 18. The van der Waals surface area contributed by atoms with E-state index in [1.54, 1.807) is 18.3 Å². The van der Waals surface area contributed by atoms with Gasteiger partial charge in [-0.25, -0.2) is 0 Å². The number of nitrogens with zero attached hydrogens (tertiary/aromatic N) is 2. The third-order valence-electron chi connectivity index (χ3n) is 13.1. The van der Waals surface area contributed by atoms with Gasteiger partial charge in [0.05, 0.1) is 6.04 Å². The average molecular weight is 1040 g/mol. The Morgan fingerprint density at radius 1 is 0.720 bits per heavy atom. The van der Waals surface area contributed by atoms with Gasteiger partial charge in [-0.1, -0.05) is 54.4 Å². The first-order valence-electron chi connectivity index (χ1n) is 25.5. The van der Waals surface area contributed by atoms with Crippen molar-refractivity contribution in [3.8, 4) is 0 Å². The van der Waals surface area contributed by atoms with Crippen molar-refractivity contribution in [1.82, 2.24) is 31.6 Å². The molecule has 18 N–H and O–H groups in total. The van der Waals surface area contributed by atoms with E-state index in [-0.39, 0.29) is 134 Å². The number of fused-ring (bicyclic) bond motifs is 1. The van der Waals surface area contributed by atoms with E-state index in [0.29, 0.717) is 5.56 Å². The molecule has 0 unspecified atom stereocenters. The smallest absolute Gasteiger partial charge is 0.243 e. The largest absolute Gasteiger partial charge is 0.370 e. The van der Waals surface area contributed by atoms with Crippen LogP contribution in [0.5, 0.6) is 0 Å². The Bertz CT molecular complexity index is 2520. The number of para-hydroxylation sites is 1. The van der Waals surface area contributed by atoms with Crippen molar-refractivity contribution in [2.75, 3.05) is 19.6 Å². The predicted octanol–water partition coefficient (Wildman–Crippen LogP) is -0.279. The van der Waals surface area contributed by atoms with Crippen molar-refractivity contribution in [1.29, 1.82) is 0 Å². The van der Waals surface area contributed by atoms with E-state index < -0.39 is 89.1 Å². The molecule has 1 aliphatic heterocycles. The van der Waals surface area contributed by atoms with Crippen LogP contribution in [0, 0.1) is 18.8 Å². The molecule has 7 atom stereocenters. The van der Waals surface area contributed by atoms with Gasteiger partial charge in [-0.05, 0) is 94.9 Å². The topological polar surface area (TPSA) is 410 Å². The van der Waals surface area contributed by atoms with Crippen molar-refractivity contribution < 1.29 is 43.2 Å². The summed E-state index contributed by atoms with van der Waals surface area (Å²) in [6.07, 6.45) is 1.88. The molecule has 0 aliphatic carbocycles. The zero-order valence-corrected chi connectivity index (χ0v) is 43.0. The van der Waals surface area contributed by atoms with E-state index in [0.717, 1.165) is 22.0 Å². The summed E-state index contributed by atoms with van der Waals surface area (Å²) in [7, 11) is 0. The van der Waals surface area contributed by atoms with Crippen LogP contribution in [0.25, 0.3) is 10.9 Å².